The van der Waals surface area contributed by atoms with Crippen LogP contribution in [-0.4, -0.2) is 41.7 Å². The smallest absolute Gasteiger partial charge is 0.413 e. The lowest BCUT2D eigenvalue weighted by molar-refractivity contribution is 0.155. The van der Waals surface area contributed by atoms with Crippen molar-refractivity contribution in [3.05, 3.63) is 90.0 Å². The van der Waals surface area contributed by atoms with Crippen molar-refractivity contribution in [1.29, 1.82) is 0 Å². The number of amides is 1. The van der Waals surface area contributed by atoms with Crippen LogP contribution in [0.1, 0.15) is 25.0 Å². The molecule has 1 N–H and O–H groups in total. The Hall–Kier alpha value is -3.69. The van der Waals surface area contributed by atoms with Crippen molar-refractivity contribution in [1.82, 2.24) is 14.1 Å². The first kappa shape index (κ1) is 24.4. The summed E-state index contributed by atoms with van der Waals surface area (Å²) in [7, 11) is -3.51. The molecule has 3 aromatic carbocycles. The predicted octanol–water partition coefficient (Wildman–Crippen LogP) is 4.86. The highest BCUT2D eigenvalue weighted by Gasteiger charge is 2.21. The van der Waals surface area contributed by atoms with Gasteiger partial charge in [0.15, 0.2) is 5.82 Å². The van der Waals surface area contributed by atoms with Gasteiger partial charge < -0.3 is 4.74 Å². The van der Waals surface area contributed by atoms with Crippen molar-refractivity contribution in [3.8, 4) is 0 Å². The van der Waals surface area contributed by atoms with E-state index in [1.54, 1.807) is 28.9 Å². The number of nitrogens with one attached hydrogen (secondary N) is 1. The molecule has 0 unspecified atom stereocenters. The molecule has 182 valence electrons. The Morgan fingerprint density at radius 3 is 2.26 bits per heavy atom. The minimum absolute atomic E-state index is 0.161. The van der Waals surface area contributed by atoms with Gasteiger partial charge in [0.05, 0.1) is 17.0 Å². The quantitative estimate of drug-likeness (QED) is 0.360. The van der Waals surface area contributed by atoms with Crippen LogP contribution in [-0.2, 0) is 27.9 Å². The summed E-state index contributed by atoms with van der Waals surface area (Å²) in [6, 6.07) is 23.8. The molecule has 4 rings (SSSR count). The van der Waals surface area contributed by atoms with E-state index in [0.29, 0.717) is 25.5 Å². The molecule has 0 aliphatic carbocycles. The van der Waals surface area contributed by atoms with Crippen molar-refractivity contribution < 1.29 is 17.9 Å². The number of benzene rings is 3. The Morgan fingerprint density at radius 1 is 0.914 bits per heavy atom. The van der Waals surface area contributed by atoms with Crippen molar-refractivity contribution in [2.75, 3.05) is 18.4 Å². The van der Waals surface area contributed by atoms with Crippen molar-refractivity contribution in [2.24, 2.45) is 0 Å². The molecular formula is C26H28N4O4S. The summed E-state index contributed by atoms with van der Waals surface area (Å²) in [5.41, 5.74) is 2.62. The molecule has 0 aliphatic heterocycles. The van der Waals surface area contributed by atoms with E-state index in [9.17, 15) is 13.2 Å². The second-order valence-electron chi connectivity index (χ2n) is 7.94. The number of hydrogen-bond donors (Lipinski definition) is 1. The lowest BCUT2D eigenvalue weighted by Crippen LogP contribution is -2.30. The number of aromatic nitrogens is 2. The first-order valence-electron chi connectivity index (χ1n) is 11.4. The summed E-state index contributed by atoms with van der Waals surface area (Å²) in [5, 5.41) is 8.10. The number of para-hydroxylation sites is 1. The molecule has 35 heavy (non-hydrogen) atoms. The lowest BCUT2D eigenvalue weighted by atomic mass is 10.2. The summed E-state index contributed by atoms with van der Waals surface area (Å²) in [6.45, 7) is 5.05. The van der Waals surface area contributed by atoms with Crippen LogP contribution in [0.3, 0.4) is 0 Å². The highest BCUT2D eigenvalue weighted by Crippen LogP contribution is 2.24. The fourth-order valence-corrected chi connectivity index (χ4v) is 5.31. The maximum Gasteiger partial charge on any atom is 0.413 e. The summed E-state index contributed by atoms with van der Waals surface area (Å²) < 4.78 is 34.0. The maximum absolute atomic E-state index is 12.7. The zero-order valence-electron chi connectivity index (χ0n) is 19.7. The summed E-state index contributed by atoms with van der Waals surface area (Å²) in [5.74, 6) is 0.402. The molecule has 1 heterocycles. The number of fused-ring (bicyclic) bond motifs is 1. The number of ether oxygens (including phenoxy) is 1. The number of sulfonamides is 1. The largest absolute Gasteiger partial charge is 0.444 e. The van der Waals surface area contributed by atoms with Crippen LogP contribution in [0.2, 0.25) is 0 Å². The summed E-state index contributed by atoms with van der Waals surface area (Å²) >= 11 is 0. The standard InChI is InChI=1S/C26H28N4O4S/c1-3-29(4-2)35(32,33)22-16-14-20(15-17-22)18-30-24-13-9-8-12-23(24)25(28-30)27-26(31)34-19-21-10-6-5-7-11-21/h5-17H,3-4,18-19H2,1-2H3,(H,27,28,31). The number of carbonyl (C=O) groups excluding carboxylic acids is 1. The molecule has 4 aromatic rings. The van der Waals surface area contributed by atoms with Gasteiger partial charge in [-0.2, -0.15) is 9.40 Å². The van der Waals surface area contributed by atoms with E-state index in [1.165, 1.54) is 4.31 Å². The Kier molecular flexibility index (Phi) is 7.48. The Morgan fingerprint density at radius 2 is 1.57 bits per heavy atom. The number of anilines is 1. The highest BCUT2D eigenvalue weighted by atomic mass is 32.2. The molecule has 0 saturated carbocycles. The van der Waals surface area contributed by atoms with Gasteiger partial charge in [0.1, 0.15) is 6.61 Å². The van der Waals surface area contributed by atoms with Crippen molar-refractivity contribution in [3.63, 3.8) is 0 Å². The van der Waals surface area contributed by atoms with Crippen LogP contribution in [0.25, 0.3) is 10.9 Å². The lowest BCUT2D eigenvalue weighted by Gasteiger charge is -2.18. The van der Waals surface area contributed by atoms with Crippen LogP contribution in [0.5, 0.6) is 0 Å². The third-order valence-corrected chi connectivity index (χ3v) is 7.75. The van der Waals surface area contributed by atoms with Gasteiger partial charge >= 0.3 is 6.09 Å². The third-order valence-electron chi connectivity index (χ3n) is 5.69. The zero-order chi connectivity index (χ0) is 24.8. The van der Waals surface area contributed by atoms with E-state index in [2.05, 4.69) is 10.4 Å². The molecule has 0 atom stereocenters. The van der Waals surface area contributed by atoms with Gasteiger partial charge in [0, 0.05) is 18.5 Å². The zero-order valence-corrected chi connectivity index (χ0v) is 20.5. The first-order valence-corrected chi connectivity index (χ1v) is 12.9. The average molecular weight is 493 g/mol. The van der Waals surface area contributed by atoms with E-state index in [0.717, 1.165) is 22.0 Å². The topological polar surface area (TPSA) is 93.5 Å². The van der Waals surface area contributed by atoms with Crippen LogP contribution in [0.4, 0.5) is 10.6 Å². The van der Waals surface area contributed by atoms with Gasteiger partial charge in [-0.15, -0.1) is 0 Å². The van der Waals surface area contributed by atoms with Gasteiger partial charge in [-0.05, 0) is 35.4 Å². The van der Waals surface area contributed by atoms with Crippen LogP contribution in [0.15, 0.2) is 83.8 Å². The normalized spacial score (nSPS) is 11.6. The number of nitrogens with zero attached hydrogens (tertiary/aromatic N) is 3. The second-order valence-corrected chi connectivity index (χ2v) is 9.88. The molecule has 1 amide bonds. The maximum atomic E-state index is 12.7. The van der Waals surface area contributed by atoms with Crippen molar-refractivity contribution >= 4 is 32.8 Å². The van der Waals surface area contributed by atoms with E-state index in [-0.39, 0.29) is 11.5 Å². The Balaban J connectivity index is 1.51. The molecule has 8 nitrogen and oxygen atoms in total. The number of rotatable bonds is 9. The van der Waals surface area contributed by atoms with Crippen LogP contribution < -0.4 is 5.32 Å². The Labute approximate surface area is 205 Å². The second kappa shape index (κ2) is 10.7. The third kappa shape index (κ3) is 5.52. The van der Waals surface area contributed by atoms with Crippen LogP contribution in [0, 0.1) is 0 Å². The molecule has 0 radical (unpaired) electrons. The predicted molar refractivity (Wildman–Crippen MR) is 136 cm³/mol. The van der Waals surface area contributed by atoms with Crippen LogP contribution >= 0.6 is 0 Å². The van der Waals surface area contributed by atoms with Gasteiger partial charge in [-0.3, -0.25) is 10.00 Å². The van der Waals surface area contributed by atoms with Gasteiger partial charge in [0.2, 0.25) is 10.0 Å². The summed E-state index contributed by atoms with van der Waals surface area (Å²) in [6.07, 6.45) is -0.588. The molecule has 0 aliphatic rings. The first-order chi connectivity index (χ1) is 16.9. The van der Waals surface area contributed by atoms with E-state index < -0.39 is 16.1 Å². The minimum Gasteiger partial charge on any atom is -0.444 e. The fourth-order valence-electron chi connectivity index (χ4n) is 3.85. The monoisotopic (exact) mass is 492 g/mol. The SMILES string of the molecule is CCN(CC)S(=O)(=O)c1ccc(Cn2nc(NC(=O)OCc3ccccc3)c3ccccc32)cc1. The Bertz CT molecular complexity index is 1400. The molecular weight excluding hydrogens is 464 g/mol. The fraction of sp³-hybridized carbons (Fsp3) is 0.231. The molecule has 9 heteroatoms. The molecule has 0 saturated heterocycles. The minimum atomic E-state index is -3.51. The van der Waals surface area contributed by atoms with E-state index in [4.69, 9.17) is 4.74 Å². The summed E-state index contributed by atoms with van der Waals surface area (Å²) in [4.78, 5) is 12.7. The van der Waals surface area contributed by atoms with Gasteiger partial charge in [-0.1, -0.05) is 68.4 Å². The van der Waals surface area contributed by atoms with Gasteiger partial charge in [-0.25, -0.2) is 13.2 Å². The molecule has 0 fully saturated rings. The average Bonchev–Trinajstić information content (AvgIpc) is 3.21. The van der Waals surface area contributed by atoms with E-state index in [1.807, 2.05) is 68.4 Å². The van der Waals surface area contributed by atoms with Gasteiger partial charge in [0.25, 0.3) is 0 Å². The number of hydrogen-bond acceptors (Lipinski definition) is 5. The highest BCUT2D eigenvalue weighted by molar-refractivity contribution is 7.89. The molecule has 0 bridgehead atoms. The molecule has 0 spiro atoms. The number of carbonyl (C=O) groups is 1. The van der Waals surface area contributed by atoms with Crippen molar-refractivity contribution in [2.45, 2.75) is 31.9 Å². The molecule has 1 aromatic heterocycles. The van der Waals surface area contributed by atoms with E-state index >= 15 is 0 Å².